The molecule has 1 aromatic heterocycles. The van der Waals surface area contributed by atoms with Crippen LogP contribution in [0.25, 0.3) is 0 Å². The second kappa shape index (κ2) is 8.77. The van der Waals surface area contributed by atoms with E-state index in [0.29, 0.717) is 11.7 Å². The molecule has 1 atom stereocenters. The number of aromatic nitrogens is 2. The van der Waals surface area contributed by atoms with E-state index in [1.165, 1.54) is 23.9 Å². The van der Waals surface area contributed by atoms with Gasteiger partial charge in [-0.2, -0.15) is 0 Å². The van der Waals surface area contributed by atoms with Crippen molar-refractivity contribution in [3.05, 3.63) is 89.0 Å². The van der Waals surface area contributed by atoms with Gasteiger partial charge in [-0.3, -0.25) is 4.79 Å². The smallest absolute Gasteiger partial charge is 0.238 e. The summed E-state index contributed by atoms with van der Waals surface area (Å²) in [5.41, 5.74) is 3.44. The van der Waals surface area contributed by atoms with E-state index < -0.39 is 5.25 Å². The van der Waals surface area contributed by atoms with Crippen molar-refractivity contribution in [3.63, 3.8) is 0 Å². The van der Waals surface area contributed by atoms with Crippen molar-refractivity contribution >= 4 is 17.7 Å². The van der Waals surface area contributed by atoms with Gasteiger partial charge in [0.1, 0.15) is 11.1 Å². The molecule has 1 amide bonds. The van der Waals surface area contributed by atoms with Gasteiger partial charge in [0.25, 0.3) is 0 Å². The average Bonchev–Trinajstić information content (AvgIpc) is 2.65. The molecule has 0 bridgehead atoms. The lowest BCUT2D eigenvalue weighted by atomic mass is 10.1. The van der Waals surface area contributed by atoms with E-state index in [1.807, 2.05) is 50.2 Å². The molecule has 0 aliphatic rings. The highest BCUT2D eigenvalue weighted by Crippen LogP contribution is 2.33. The second-order valence-corrected chi connectivity index (χ2v) is 7.26. The van der Waals surface area contributed by atoms with Crippen LogP contribution in [-0.4, -0.2) is 15.9 Å². The van der Waals surface area contributed by atoms with E-state index in [1.54, 1.807) is 12.1 Å². The lowest BCUT2D eigenvalue weighted by molar-refractivity contribution is -0.120. The quantitative estimate of drug-likeness (QED) is 0.508. The molecule has 1 unspecified atom stereocenters. The van der Waals surface area contributed by atoms with E-state index in [2.05, 4.69) is 15.3 Å². The Hall–Kier alpha value is -2.73. The first kappa shape index (κ1) is 19.0. The van der Waals surface area contributed by atoms with Crippen LogP contribution in [0.3, 0.4) is 0 Å². The SMILES string of the molecule is Cc1cc(C)nc(SC(C(=O)NCc2ccc(F)cc2)c2ccccc2)n1. The van der Waals surface area contributed by atoms with Gasteiger partial charge in [-0.05, 0) is 43.2 Å². The van der Waals surface area contributed by atoms with Crippen LogP contribution >= 0.6 is 11.8 Å². The van der Waals surface area contributed by atoms with Crippen LogP contribution in [0.2, 0.25) is 0 Å². The second-order valence-electron chi connectivity index (χ2n) is 6.19. The number of nitrogens with one attached hydrogen (secondary N) is 1. The summed E-state index contributed by atoms with van der Waals surface area (Å²) in [5, 5.41) is 3.02. The van der Waals surface area contributed by atoms with Crippen LogP contribution in [0.4, 0.5) is 4.39 Å². The summed E-state index contributed by atoms with van der Waals surface area (Å²) in [6, 6.07) is 17.5. The number of hydrogen-bond acceptors (Lipinski definition) is 4. The molecule has 0 radical (unpaired) electrons. The molecule has 0 fully saturated rings. The first-order valence-electron chi connectivity index (χ1n) is 8.57. The van der Waals surface area contributed by atoms with Crippen molar-refractivity contribution < 1.29 is 9.18 Å². The van der Waals surface area contributed by atoms with Gasteiger partial charge < -0.3 is 5.32 Å². The number of thioether (sulfide) groups is 1. The molecule has 27 heavy (non-hydrogen) atoms. The van der Waals surface area contributed by atoms with Crippen molar-refractivity contribution in [2.24, 2.45) is 0 Å². The van der Waals surface area contributed by atoms with Crippen LogP contribution < -0.4 is 5.32 Å². The monoisotopic (exact) mass is 381 g/mol. The van der Waals surface area contributed by atoms with Gasteiger partial charge in [-0.25, -0.2) is 14.4 Å². The third kappa shape index (κ3) is 5.37. The van der Waals surface area contributed by atoms with Crippen molar-refractivity contribution in [1.82, 2.24) is 15.3 Å². The first-order chi connectivity index (χ1) is 13.0. The minimum atomic E-state index is -0.479. The Balaban J connectivity index is 1.78. The Morgan fingerprint density at radius 2 is 1.67 bits per heavy atom. The van der Waals surface area contributed by atoms with Crippen LogP contribution in [0, 0.1) is 19.7 Å². The molecule has 0 saturated carbocycles. The van der Waals surface area contributed by atoms with Crippen LogP contribution in [-0.2, 0) is 11.3 Å². The number of carbonyl (C=O) groups excluding carboxylic acids is 1. The summed E-state index contributed by atoms with van der Waals surface area (Å²) in [6.45, 7) is 4.15. The summed E-state index contributed by atoms with van der Waals surface area (Å²) >= 11 is 1.32. The molecule has 1 N–H and O–H groups in total. The van der Waals surface area contributed by atoms with Gasteiger partial charge in [0.05, 0.1) is 0 Å². The number of hydrogen-bond donors (Lipinski definition) is 1. The third-order valence-electron chi connectivity index (χ3n) is 3.91. The van der Waals surface area contributed by atoms with E-state index in [4.69, 9.17) is 0 Å². The molecule has 0 aliphatic heterocycles. The lowest BCUT2D eigenvalue weighted by Gasteiger charge is -2.16. The molecule has 0 spiro atoms. The Morgan fingerprint density at radius 3 is 2.30 bits per heavy atom. The molecule has 2 aromatic carbocycles. The fourth-order valence-corrected chi connectivity index (χ4v) is 3.72. The molecule has 6 heteroatoms. The number of aryl methyl sites for hydroxylation is 2. The van der Waals surface area contributed by atoms with Crippen molar-refractivity contribution in [1.29, 1.82) is 0 Å². The zero-order valence-corrected chi connectivity index (χ0v) is 16.0. The standard InChI is InChI=1S/C21H20FN3OS/c1-14-12-15(2)25-21(24-14)27-19(17-6-4-3-5-7-17)20(26)23-13-16-8-10-18(22)11-9-16/h3-12,19H,13H2,1-2H3,(H,23,26). The average molecular weight is 381 g/mol. The van der Waals surface area contributed by atoms with E-state index in [9.17, 15) is 9.18 Å². The van der Waals surface area contributed by atoms with Crippen molar-refractivity contribution in [2.45, 2.75) is 30.8 Å². The number of amides is 1. The third-order valence-corrected chi connectivity index (χ3v) is 5.02. The fourth-order valence-electron chi connectivity index (χ4n) is 2.64. The highest BCUT2D eigenvalue weighted by Gasteiger charge is 2.23. The molecule has 0 saturated heterocycles. The minimum Gasteiger partial charge on any atom is -0.351 e. The number of nitrogens with zero attached hydrogens (tertiary/aromatic N) is 2. The molecule has 0 aliphatic carbocycles. The zero-order valence-electron chi connectivity index (χ0n) is 15.1. The zero-order chi connectivity index (χ0) is 19.2. The van der Waals surface area contributed by atoms with Gasteiger partial charge in [0, 0.05) is 17.9 Å². The minimum absolute atomic E-state index is 0.140. The lowest BCUT2D eigenvalue weighted by Crippen LogP contribution is -2.27. The van der Waals surface area contributed by atoms with Gasteiger partial charge in [-0.1, -0.05) is 54.2 Å². The molecule has 4 nitrogen and oxygen atoms in total. The normalized spacial score (nSPS) is 11.8. The molecule has 3 rings (SSSR count). The number of halogens is 1. The van der Waals surface area contributed by atoms with Gasteiger partial charge in [-0.15, -0.1) is 0 Å². The summed E-state index contributed by atoms with van der Waals surface area (Å²) in [6.07, 6.45) is 0. The fraction of sp³-hybridized carbons (Fsp3) is 0.190. The summed E-state index contributed by atoms with van der Waals surface area (Å²) < 4.78 is 13.0. The topological polar surface area (TPSA) is 54.9 Å². The maximum absolute atomic E-state index is 13.0. The number of benzene rings is 2. The summed E-state index contributed by atoms with van der Waals surface area (Å²) in [5.74, 6) is -0.437. The Bertz CT molecular complexity index is 896. The van der Waals surface area contributed by atoms with Crippen molar-refractivity contribution in [2.75, 3.05) is 0 Å². The highest BCUT2D eigenvalue weighted by atomic mass is 32.2. The van der Waals surface area contributed by atoms with E-state index in [0.717, 1.165) is 22.5 Å². The Labute approximate surface area is 162 Å². The molecular weight excluding hydrogens is 361 g/mol. The first-order valence-corrected chi connectivity index (χ1v) is 9.45. The van der Waals surface area contributed by atoms with Gasteiger partial charge in [0.2, 0.25) is 5.91 Å². The number of carbonyl (C=O) groups is 1. The van der Waals surface area contributed by atoms with Gasteiger partial charge in [0.15, 0.2) is 5.16 Å². The van der Waals surface area contributed by atoms with Gasteiger partial charge >= 0.3 is 0 Å². The molecular formula is C21H20FN3OS. The van der Waals surface area contributed by atoms with Crippen molar-refractivity contribution in [3.8, 4) is 0 Å². The van der Waals surface area contributed by atoms with E-state index in [-0.39, 0.29) is 11.7 Å². The number of rotatable bonds is 6. The predicted molar refractivity (Wildman–Crippen MR) is 105 cm³/mol. The van der Waals surface area contributed by atoms with Crippen LogP contribution in [0.15, 0.2) is 65.8 Å². The largest absolute Gasteiger partial charge is 0.351 e. The predicted octanol–water partition coefficient (Wildman–Crippen LogP) is 4.38. The summed E-state index contributed by atoms with van der Waals surface area (Å²) in [7, 11) is 0. The van der Waals surface area contributed by atoms with Crippen LogP contribution in [0.5, 0.6) is 0 Å². The van der Waals surface area contributed by atoms with E-state index >= 15 is 0 Å². The summed E-state index contributed by atoms with van der Waals surface area (Å²) in [4.78, 5) is 21.8. The maximum Gasteiger partial charge on any atom is 0.238 e. The molecule has 3 aromatic rings. The Morgan fingerprint density at radius 1 is 1.04 bits per heavy atom. The maximum atomic E-state index is 13.0. The Kier molecular flexibility index (Phi) is 6.19. The molecule has 1 heterocycles. The highest BCUT2D eigenvalue weighted by molar-refractivity contribution is 8.00. The molecule has 138 valence electrons. The van der Waals surface area contributed by atoms with Crippen LogP contribution in [0.1, 0.15) is 27.8 Å².